The van der Waals surface area contributed by atoms with Gasteiger partial charge in [0.05, 0.1) is 12.8 Å². The molecule has 1 amide bonds. The Bertz CT molecular complexity index is 1010. The summed E-state index contributed by atoms with van der Waals surface area (Å²) >= 11 is 0. The Morgan fingerprint density at radius 3 is 2.93 bits per heavy atom. The van der Waals surface area contributed by atoms with E-state index in [9.17, 15) is 4.79 Å². The highest BCUT2D eigenvalue weighted by Gasteiger charge is 2.29. The molecule has 1 fully saturated rings. The largest absolute Gasteiger partial charge is 0.497 e. The van der Waals surface area contributed by atoms with Crippen LogP contribution in [0.5, 0.6) is 5.75 Å². The number of nitrogens with zero attached hydrogens (tertiary/aromatic N) is 4. The smallest absolute Gasteiger partial charge is 0.271 e. The van der Waals surface area contributed by atoms with Gasteiger partial charge < -0.3 is 14.1 Å². The van der Waals surface area contributed by atoms with Gasteiger partial charge in [-0.2, -0.15) is 5.10 Å². The Balaban J connectivity index is 1.37. The number of methoxy groups -OCH3 is 1. The van der Waals surface area contributed by atoms with Crippen molar-refractivity contribution in [3.63, 3.8) is 0 Å². The van der Waals surface area contributed by atoms with E-state index in [4.69, 9.17) is 9.15 Å². The molecule has 3 aromatic rings. The van der Waals surface area contributed by atoms with Gasteiger partial charge in [-0.3, -0.25) is 9.89 Å². The van der Waals surface area contributed by atoms with Crippen LogP contribution in [0.3, 0.4) is 0 Å². The van der Waals surface area contributed by atoms with Gasteiger partial charge in [-0.25, -0.2) is 0 Å². The number of carbonyl (C=O) groups excluding carboxylic acids is 1. The Hall–Kier alpha value is -3.16. The van der Waals surface area contributed by atoms with Gasteiger partial charge in [0.25, 0.3) is 5.91 Å². The van der Waals surface area contributed by atoms with E-state index >= 15 is 0 Å². The van der Waals surface area contributed by atoms with Crippen LogP contribution in [-0.4, -0.2) is 51.4 Å². The highest BCUT2D eigenvalue weighted by atomic mass is 16.5. The van der Waals surface area contributed by atoms with Crippen LogP contribution in [-0.2, 0) is 12.8 Å². The van der Waals surface area contributed by atoms with Gasteiger partial charge in [0.2, 0.25) is 11.8 Å². The quantitative estimate of drug-likeness (QED) is 0.643. The molecule has 1 N–H and O–H groups in total. The van der Waals surface area contributed by atoms with Crippen molar-refractivity contribution >= 4 is 5.91 Å². The predicted octanol–water partition coefficient (Wildman–Crippen LogP) is 3.37. The molecule has 1 aliphatic rings. The molecule has 0 spiro atoms. The summed E-state index contributed by atoms with van der Waals surface area (Å²) < 4.78 is 11.0. The highest BCUT2D eigenvalue weighted by molar-refractivity contribution is 5.93. The summed E-state index contributed by atoms with van der Waals surface area (Å²) in [5, 5.41) is 15.5. The molecule has 2 aromatic heterocycles. The standard InChI is InChI=1S/C22H27N5O3/c1-14(2)9-20-25-26-21(30-20)10-15-7-8-27(13-15)22(28)19-12-18(23-24-19)16-5-4-6-17(11-16)29-3/h4-6,11-12,14-15H,7-10,13H2,1-3H3,(H,23,24). The van der Waals surface area contributed by atoms with E-state index in [1.165, 1.54) is 0 Å². The second-order valence-electron chi connectivity index (χ2n) is 8.20. The second-order valence-corrected chi connectivity index (χ2v) is 8.20. The minimum atomic E-state index is -0.0369. The molecule has 0 radical (unpaired) electrons. The van der Waals surface area contributed by atoms with Crippen molar-refractivity contribution in [3.05, 3.63) is 47.8 Å². The van der Waals surface area contributed by atoms with Crippen LogP contribution in [0.25, 0.3) is 11.3 Å². The third-order valence-electron chi connectivity index (χ3n) is 5.30. The van der Waals surface area contributed by atoms with E-state index in [0.29, 0.717) is 48.8 Å². The molecule has 1 aliphatic heterocycles. The van der Waals surface area contributed by atoms with E-state index in [2.05, 4.69) is 34.2 Å². The fourth-order valence-electron chi connectivity index (χ4n) is 3.77. The zero-order valence-electron chi connectivity index (χ0n) is 17.6. The van der Waals surface area contributed by atoms with E-state index in [0.717, 1.165) is 29.8 Å². The topological polar surface area (TPSA) is 97.1 Å². The molecule has 158 valence electrons. The van der Waals surface area contributed by atoms with Gasteiger partial charge in [-0.05, 0) is 36.5 Å². The molecule has 1 unspecified atom stereocenters. The summed E-state index contributed by atoms with van der Waals surface area (Å²) in [5.41, 5.74) is 2.11. The van der Waals surface area contributed by atoms with E-state index < -0.39 is 0 Å². The van der Waals surface area contributed by atoms with Crippen LogP contribution in [0, 0.1) is 11.8 Å². The summed E-state index contributed by atoms with van der Waals surface area (Å²) in [7, 11) is 1.63. The number of aromatic nitrogens is 4. The molecular formula is C22H27N5O3. The third kappa shape index (κ3) is 4.53. The van der Waals surface area contributed by atoms with Gasteiger partial charge >= 0.3 is 0 Å². The number of nitrogens with one attached hydrogen (secondary N) is 1. The fraction of sp³-hybridized carbons (Fsp3) is 0.455. The number of carbonyl (C=O) groups is 1. The first-order chi connectivity index (χ1) is 14.5. The number of benzene rings is 1. The van der Waals surface area contributed by atoms with Crippen molar-refractivity contribution in [2.45, 2.75) is 33.1 Å². The summed E-state index contributed by atoms with van der Waals surface area (Å²) in [4.78, 5) is 14.8. The van der Waals surface area contributed by atoms with Crippen molar-refractivity contribution in [1.29, 1.82) is 0 Å². The van der Waals surface area contributed by atoms with Crippen molar-refractivity contribution < 1.29 is 13.9 Å². The van der Waals surface area contributed by atoms with Crippen LogP contribution in [0.1, 0.15) is 42.5 Å². The fourth-order valence-corrected chi connectivity index (χ4v) is 3.77. The van der Waals surface area contributed by atoms with Crippen LogP contribution in [0.15, 0.2) is 34.7 Å². The van der Waals surface area contributed by atoms with Crippen molar-refractivity contribution in [2.75, 3.05) is 20.2 Å². The predicted molar refractivity (Wildman–Crippen MR) is 111 cm³/mol. The van der Waals surface area contributed by atoms with E-state index in [1.807, 2.05) is 29.2 Å². The lowest BCUT2D eigenvalue weighted by molar-refractivity contribution is 0.0780. The van der Waals surface area contributed by atoms with E-state index in [1.54, 1.807) is 13.2 Å². The number of rotatable bonds is 7. The monoisotopic (exact) mass is 409 g/mol. The molecule has 0 aliphatic carbocycles. The zero-order chi connectivity index (χ0) is 21.1. The average Bonchev–Trinajstić information content (AvgIpc) is 3.49. The van der Waals surface area contributed by atoms with Crippen LogP contribution >= 0.6 is 0 Å². The van der Waals surface area contributed by atoms with Gasteiger partial charge in [0.15, 0.2) is 0 Å². The Morgan fingerprint density at radius 2 is 2.13 bits per heavy atom. The summed E-state index contributed by atoms with van der Waals surface area (Å²) in [6.07, 6.45) is 2.41. The lowest BCUT2D eigenvalue weighted by atomic mass is 10.1. The average molecular weight is 409 g/mol. The van der Waals surface area contributed by atoms with Crippen molar-refractivity contribution in [3.8, 4) is 17.0 Å². The number of likely N-dealkylation sites (tertiary alicyclic amines) is 1. The molecule has 0 bridgehead atoms. The minimum Gasteiger partial charge on any atom is -0.497 e. The van der Waals surface area contributed by atoms with Crippen molar-refractivity contribution in [1.82, 2.24) is 25.3 Å². The molecule has 8 heteroatoms. The Kier molecular flexibility index (Phi) is 5.83. The number of amides is 1. The maximum Gasteiger partial charge on any atom is 0.271 e. The number of hydrogen-bond donors (Lipinski definition) is 1. The van der Waals surface area contributed by atoms with Crippen molar-refractivity contribution in [2.24, 2.45) is 11.8 Å². The van der Waals surface area contributed by atoms with Gasteiger partial charge in [-0.1, -0.05) is 26.0 Å². The highest BCUT2D eigenvalue weighted by Crippen LogP contribution is 2.25. The third-order valence-corrected chi connectivity index (χ3v) is 5.30. The molecule has 1 saturated heterocycles. The second kappa shape index (κ2) is 8.69. The summed E-state index contributed by atoms with van der Waals surface area (Å²) in [5.74, 6) is 2.87. The number of H-pyrrole nitrogens is 1. The molecule has 0 saturated carbocycles. The molecule has 3 heterocycles. The van der Waals surface area contributed by atoms with Crippen LogP contribution in [0.2, 0.25) is 0 Å². The molecule has 4 rings (SSSR count). The minimum absolute atomic E-state index is 0.0369. The number of aromatic amines is 1. The molecule has 1 aromatic carbocycles. The normalized spacial score (nSPS) is 16.4. The summed E-state index contributed by atoms with van der Waals surface area (Å²) in [6, 6.07) is 9.41. The molecule has 1 atom stereocenters. The van der Waals surface area contributed by atoms with Crippen LogP contribution < -0.4 is 4.74 Å². The maximum atomic E-state index is 12.9. The lowest BCUT2D eigenvalue weighted by Gasteiger charge is -2.14. The van der Waals surface area contributed by atoms with Gasteiger partial charge in [0.1, 0.15) is 11.4 Å². The number of ether oxygens (including phenoxy) is 1. The Morgan fingerprint density at radius 1 is 1.30 bits per heavy atom. The SMILES string of the molecule is COc1cccc(-c2cc(C(=O)N3CCC(Cc4nnc(CC(C)C)o4)C3)[nH]n2)c1. The number of hydrogen-bond acceptors (Lipinski definition) is 6. The molecule has 30 heavy (non-hydrogen) atoms. The molecule has 8 nitrogen and oxygen atoms in total. The Labute approximate surface area is 175 Å². The maximum absolute atomic E-state index is 12.9. The lowest BCUT2D eigenvalue weighted by Crippen LogP contribution is -2.29. The summed E-state index contributed by atoms with van der Waals surface area (Å²) in [6.45, 7) is 5.64. The van der Waals surface area contributed by atoms with Crippen LogP contribution in [0.4, 0.5) is 0 Å². The van der Waals surface area contributed by atoms with Gasteiger partial charge in [-0.15, -0.1) is 10.2 Å². The van der Waals surface area contributed by atoms with Gasteiger partial charge in [0, 0.05) is 31.5 Å². The van der Waals surface area contributed by atoms with E-state index in [-0.39, 0.29) is 5.91 Å². The first-order valence-corrected chi connectivity index (χ1v) is 10.3. The molecular weight excluding hydrogens is 382 g/mol. The zero-order valence-corrected chi connectivity index (χ0v) is 17.6. The first-order valence-electron chi connectivity index (χ1n) is 10.3. The first kappa shape index (κ1) is 20.1.